The van der Waals surface area contributed by atoms with Gasteiger partial charge in [-0.2, -0.15) is 0 Å². The smallest absolute Gasteiger partial charge is 0.287 e. The van der Waals surface area contributed by atoms with Gasteiger partial charge in [0.15, 0.2) is 11.2 Å². The Morgan fingerprint density at radius 3 is 2.74 bits per heavy atom. The van der Waals surface area contributed by atoms with Crippen molar-refractivity contribution in [2.24, 2.45) is 0 Å². The number of nitrogens with one attached hydrogen (secondary N) is 1. The van der Waals surface area contributed by atoms with Crippen LogP contribution in [0.3, 0.4) is 0 Å². The van der Waals surface area contributed by atoms with Gasteiger partial charge in [0.2, 0.25) is 0 Å². The zero-order valence-corrected chi connectivity index (χ0v) is 12.4. The average Bonchev–Trinajstić information content (AvgIpc) is 2.99. The molecule has 1 aromatic carbocycles. The second kappa shape index (κ2) is 6.10. The molecule has 1 amide bonds. The third-order valence-electron chi connectivity index (χ3n) is 3.40. The molecule has 2 heterocycles. The Balaban J connectivity index is 1.74. The summed E-state index contributed by atoms with van der Waals surface area (Å²) in [6.07, 6.45) is -0.972. The van der Waals surface area contributed by atoms with E-state index in [4.69, 9.17) is 8.83 Å². The molecule has 0 saturated heterocycles. The van der Waals surface area contributed by atoms with Crippen molar-refractivity contribution < 1.29 is 18.7 Å². The van der Waals surface area contributed by atoms with Crippen LogP contribution in [-0.2, 0) is 0 Å². The maximum absolute atomic E-state index is 12.1. The molecule has 0 aliphatic rings. The maximum Gasteiger partial charge on any atom is 0.287 e. The molecule has 6 heteroatoms. The number of carbonyl (C=O) groups excluding carboxylic acids is 1. The second-order valence-electron chi connectivity index (χ2n) is 5.15. The summed E-state index contributed by atoms with van der Waals surface area (Å²) in [5.41, 5.74) is 0.0477. The lowest BCUT2D eigenvalue weighted by Gasteiger charge is -2.09. The van der Waals surface area contributed by atoms with Crippen LogP contribution in [0.5, 0.6) is 0 Å². The van der Waals surface area contributed by atoms with Crippen molar-refractivity contribution in [3.63, 3.8) is 0 Å². The number of hydrogen-bond acceptors (Lipinski definition) is 5. The van der Waals surface area contributed by atoms with E-state index in [1.54, 1.807) is 43.3 Å². The summed E-state index contributed by atoms with van der Waals surface area (Å²) in [5.74, 6) is 0.361. The van der Waals surface area contributed by atoms with Crippen LogP contribution in [0.1, 0.15) is 28.2 Å². The van der Waals surface area contributed by atoms with E-state index in [0.717, 1.165) is 6.07 Å². The van der Waals surface area contributed by atoms with Gasteiger partial charge in [0.25, 0.3) is 5.91 Å². The predicted molar refractivity (Wildman–Crippen MR) is 83.2 cm³/mol. The molecule has 0 saturated carbocycles. The number of rotatable bonds is 4. The molecule has 1 atom stereocenters. The van der Waals surface area contributed by atoms with E-state index in [9.17, 15) is 14.7 Å². The molecule has 0 spiro atoms. The van der Waals surface area contributed by atoms with Crippen molar-refractivity contribution >= 4 is 16.9 Å². The molecule has 2 N–H and O–H groups in total. The highest BCUT2D eigenvalue weighted by atomic mass is 16.4. The van der Waals surface area contributed by atoms with E-state index < -0.39 is 12.0 Å². The summed E-state index contributed by atoms with van der Waals surface area (Å²) in [6, 6.07) is 11.2. The van der Waals surface area contributed by atoms with E-state index in [1.165, 1.54) is 0 Å². The quantitative estimate of drug-likeness (QED) is 0.770. The first-order chi connectivity index (χ1) is 11.0. The number of carbonyl (C=O) groups is 1. The highest BCUT2D eigenvalue weighted by molar-refractivity contribution is 5.93. The minimum absolute atomic E-state index is 0.0533. The number of benzene rings is 1. The molecule has 0 aliphatic heterocycles. The summed E-state index contributed by atoms with van der Waals surface area (Å²) >= 11 is 0. The Bertz CT molecular complexity index is 908. The van der Waals surface area contributed by atoms with Gasteiger partial charge < -0.3 is 19.3 Å². The van der Waals surface area contributed by atoms with E-state index in [2.05, 4.69) is 5.32 Å². The zero-order valence-electron chi connectivity index (χ0n) is 12.4. The van der Waals surface area contributed by atoms with Gasteiger partial charge in [-0.15, -0.1) is 0 Å². The van der Waals surface area contributed by atoms with Crippen molar-refractivity contribution in [1.82, 2.24) is 5.32 Å². The van der Waals surface area contributed by atoms with E-state index in [-0.39, 0.29) is 17.7 Å². The van der Waals surface area contributed by atoms with Crippen molar-refractivity contribution in [3.8, 4) is 0 Å². The lowest BCUT2D eigenvalue weighted by Crippen LogP contribution is -2.28. The molecule has 3 aromatic rings. The number of aryl methyl sites for hydroxylation is 1. The molecule has 0 fully saturated rings. The maximum atomic E-state index is 12.1. The molecule has 0 aliphatic carbocycles. The van der Waals surface area contributed by atoms with Gasteiger partial charge in [-0.1, -0.05) is 12.1 Å². The van der Waals surface area contributed by atoms with Crippen LogP contribution >= 0.6 is 0 Å². The van der Waals surface area contributed by atoms with Gasteiger partial charge in [-0.3, -0.25) is 9.59 Å². The first-order valence-corrected chi connectivity index (χ1v) is 7.10. The van der Waals surface area contributed by atoms with Crippen LogP contribution in [0.25, 0.3) is 11.0 Å². The molecule has 6 nitrogen and oxygen atoms in total. The van der Waals surface area contributed by atoms with Crippen LogP contribution in [0, 0.1) is 6.92 Å². The van der Waals surface area contributed by atoms with E-state index >= 15 is 0 Å². The first kappa shape index (κ1) is 15.1. The third-order valence-corrected chi connectivity index (χ3v) is 3.40. The van der Waals surface area contributed by atoms with Gasteiger partial charge in [-0.25, -0.2) is 0 Å². The van der Waals surface area contributed by atoms with Gasteiger partial charge in [0.05, 0.1) is 11.9 Å². The van der Waals surface area contributed by atoms with Gasteiger partial charge in [-0.05, 0) is 31.2 Å². The molecule has 3 rings (SSSR count). The highest BCUT2D eigenvalue weighted by Gasteiger charge is 2.16. The number of fused-ring (bicyclic) bond motifs is 1. The van der Waals surface area contributed by atoms with E-state index in [1.807, 2.05) is 0 Å². The standard InChI is InChI=1S/C17H15NO5/c1-10-6-7-15(22-10)13(20)9-18-17(21)16-8-12(19)11-4-2-3-5-14(11)23-16/h2-8,13,20H,9H2,1H3,(H,18,21). The van der Waals surface area contributed by atoms with Gasteiger partial charge in [0.1, 0.15) is 23.2 Å². The topological polar surface area (TPSA) is 92.7 Å². The van der Waals surface area contributed by atoms with Crippen LogP contribution < -0.4 is 10.7 Å². The van der Waals surface area contributed by atoms with Gasteiger partial charge >= 0.3 is 0 Å². The van der Waals surface area contributed by atoms with Gasteiger partial charge in [0, 0.05) is 6.07 Å². The highest BCUT2D eigenvalue weighted by Crippen LogP contribution is 2.16. The third kappa shape index (κ3) is 3.17. The molecule has 118 valence electrons. The van der Waals surface area contributed by atoms with Crippen LogP contribution in [0.15, 0.2) is 56.1 Å². The fourth-order valence-corrected chi connectivity index (χ4v) is 2.23. The minimum atomic E-state index is -0.972. The largest absolute Gasteiger partial charge is 0.464 e. The Kier molecular flexibility index (Phi) is 3.99. The molecular weight excluding hydrogens is 298 g/mol. The summed E-state index contributed by atoms with van der Waals surface area (Å²) in [5, 5.41) is 12.9. The average molecular weight is 313 g/mol. The molecule has 0 radical (unpaired) electrons. The number of aliphatic hydroxyl groups is 1. The van der Waals surface area contributed by atoms with Crippen LogP contribution in [-0.4, -0.2) is 17.6 Å². The Morgan fingerprint density at radius 2 is 2.00 bits per heavy atom. The molecule has 2 aromatic heterocycles. The number of aliphatic hydroxyl groups excluding tert-OH is 1. The molecule has 23 heavy (non-hydrogen) atoms. The molecule has 1 unspecified atom stereocenters. The summed E-state index contributed by atoms with van der Waals surface area (Å²) < 4.78 is 10.7. The number of hydrogen-bond donors (Lipinski definition) is 2. The number of para-hydroxylation sites is 1. The SMILES string of the molecule is Cc1ccc(C(O)CNC(=O)c2cc(=O)c3ccccc3o2)o1. The second-order valence-corrected chi connectivity index (χ2v) is 5.15. The minimum Gasteiger partial charge on any atom is -0.464 e. The fraction of sp³-hybridized carbons (Fsp3) is 0.176. The van der Waals surface area contributed by atoms with Crippen molar-refractivity contribution in [2.45, 2.75) is 13.0 Å². The monoisotopic (exact) mass is 313 g/mol. The van der Waals surface area contributed by atoms with Crippen LogP contribution in [0.4, 0.5) is 0 Å². The Morgan fingerprint density at radius 1 is 1.22 bits per heavy atom. The van der Waals surface area contributed by atoms with Crippen molar-refractivity contribution in [3.05, 3.63) is 70.0 Å². The Labute approximate surface area is 131 Å². The van der Waals surface area contributed by atoms with Crippen molar-refractivity contribution in [2.75, 3.05) is 6.54 Å². The lowest BCUT2D eigenvalue weighted by atomic mass is 10.2. The summed E-state index contributed by atoms with van der Waals surface area (Å²) in [4.78, 5) is 24.1. The lowest BCUT2D eigenvalue weighted by molar-refractivity contribution is 0.0874. The zero-order chi connectivity index (χ0) is 16.4. The Hall–Kier alpha value is -2.86. The normalized spacial score (nSPS) is 12.3. The number of amides is 1. The predicted octanol–water partition coefficient (Wildman–Crippen LogP) is 2.16. The fourth-order valence-electron chi connectivity index (χ4n) is 2.23. The summed E-state index contributed by atoms with van der Waals surface area (Å²) in [6.45, 7) is 1.71. The van der Waals surface area contributed by atoms with E-state index in [0.29, 0.717) is 22.5 Å². The number of furan rings is 1. The molecular formula is C17H15NO5. The van der Waals surface area contributed by atoms with Crippen molar-refractivity contribution in [1.29, 1.82) is 0 Å². The van der Waals surface area contributed by atoms with Crippen LogP contribution in [0.2, 0.25) is 0 Å². The first-order valence-electron chi connectivity index (χ1n) is 7.10. The molecule has 0 bridgehead atoms. The summed E-state index contributed by atoms with van der Waals surface area (Å²) in [7, 11) is 0.